The fourth-order valence-electron chi connectivity index (χ4n) is 2.52. The quantitative estimate of drug-likeness (QED) is 0.686. The van der Waals surface area contributed by atoms with Crippen LogP contribution in [0.3, 0.4) is 0 Å². The highest BCUT2D eigenvalue weighted by Gasteiger charge is 2.16. The molecule has 2 aromatic heterocycles. The Kier molecular flexibility index (Phi) is 4.74. The molecule has 0 saturated carbocycles. The van der Waals surface area contributed by atoms with Crippen LogP contribution >= 0.6 is 0 Å². The molecular formula is C18H18N4O3. The number of aromatic nitrogens is 2. The number of para-hydroxylation sites is 1. The summed E-state index contributed by atoms with van der Waals surface area (Å²) in [5.41, 5.74) is 2.56. The van der Waals surface area contributed by atoms with Crippen molar-refractivity contribution in [1.82, 2.24) is 9.38 Å². The third-order valence-corrected chi connectivity index (χ3v) is 3.63. The van der Waals surface area contributed by atoms with Crippen LogP contribution in [0.25, 0.3) is 5.65 Å². The van der Waals surface area contributed by atoms with Crippen molar-refractivity contribution in [3.8, 4) is 5.75 Å². The molecule has 0 aliphatic rings. The van der Waals surface area contributed by atoms with Crippen molar-refractivity contribution in [2.45, 2.75) is 20.3 Å². The van der Waals surface area contributed by atoms with Gasteiger partial charge in [0.1, 0.15) is 17.1 Å². The third kappa shape index (κ3) is 3.50. The van der Waals surface area contributed by atoms with Crippen LogP contribution in [0.5, 0.6) is 5.75 Å². The Morgan fingerprint density at radius 2 is 2.04 bits per heavy atom. The van der Waals surface area contributed by atoms with Gasteiger partial charge in [0.05, 0.1) is 18.7 Å². The lowest BCUT2D eigenvalue weighted by Gasteiger charge is -2.05. The van der Waals surface area contributed by atoms with Gasteiger partial charge in [-0.3, -0.25) is 9.20 Å². The lowest BCUT2D eigenvalue weighted by atomic mass is 10.3. The highest BCUT2D eigenvalue weighted by atomic mass is 16.5. The predicted octanol–water partition coefficient (Wildman–Crippen LogP) is 4.08. The van der Waals surface area contributed by atoms with Gasteiger partial charge in [-0.2, -0.15) is 0 Å². The highest BCUT2D eigenvalue weighted by Crippen LogP contribution is 2.30. The van der Waals surface area contributed by atoms with Crippen LogP contribution in [0, 0.1) is 6.92 Å². The number of azo groups is 1. The second kappa shape index (κ2) is 7.12. The molecule has 1 N–H and O–H groups in total. The average molecular weight is 338 g/mol. The zero-order valence-electron chi connectivity index (χ0n) is 14.0. The normalized spacial score (nSPS) is 11.3. The van der Waals surface area contributed by atoms with E-state index >= 15 is 0 Å². The Labute approximate surface area is 144 Å². The summed E-state index contributed by atoms with van der Waals surface area (Å²) in [4.78, 5) is 15.6. The number of aryl methyl sites for hydroxylation is 1. The number of hydrogen-bond donors (Lipinski definition) is 1. The average Bonchev–Trinajstić information content (AvgIpc) is 2.92. The monoisotopic (exact) mass is 338 g/mol. The molecule has 0 atom stereocenters. The van der Waals surface area contributed by atoms with Gasteiger partial charge in [0.15, 0.2) is 5.82 Å². The molecule has 7 nitrogen and oxygen atoms in total. The van der Waals surface area contributed by atoms with Crippen molar-refractivity contribution in [2.24, 2.45) is 10.2 Å². The van der Waals surface area contributed by atoms with Gasteiger partial charge >= 0.3 is 5.97 Å². The summed E-state index contributed by atoms with van der Waals surface area (Å²) < 4.78 is 7.29. The molecule has 0 radical (unpaired) electrons. The lowest BCUT2D eigenvalue weighted by Crippen LogP contribution is -2.00. The highest BCUT2D eigenvalue weighted by molar-refractivity contribution is 5.72. The van der Waals surface area contributed by atoms with Crippen LogP contribution in [0.15, 0.2) is 52.8 Å². The van der Waals surface area contributed by atoms with Crippen LogP contribution in [0.2, 0.25) is 0 Å². The van der Waals surface area contributed by atoms with Crippen LogP contribution < -0.4 is 4.74 Å². The van der Waals surface area contributed by atoms with Gasteiger partial charge in [-0.1, -0.05) is 18.2 Å². The number of aliphatic carboxylic acids is 1. The fraction of sp³-hybridized carbons (Fsp3) is 0.222. The molecule has 3 aromatic rings. The minimum absolute atomic E-state index is 0.220. The zero-order chi connectivity index (χ0) is 17.8. The molecule has 0 spiro atoms. The largest absolute Gasteiger partial charge is 0.492 e. The topological polar surface area (TPSA) is 88.5 Å². The standard InChI is InChI=1S/C18H18N4O3/c1-3-25-15-9-5-4-8-13(15)20-21-18-14(11-16(23)24)19-17-12(2)7-6-10-22(17)18/h4-10H,3,11H2,1-2H3,(H,23,24). The van der Waals surface area contributed by atoms with E-state index in [0.29, 0.717) is 35.2 Å². The van der Waals surface area contributed by atoms with Gasteiger partial charge in [0, 0.05) is 6.20 Å². The molecule has 0 aliphatic carbocycles. The molecule has 2 heterocycles. The summed E-state index contributed by atoms with van der Waals surface area (Å²) in [5.74, 6) is 0.0677. The maximum absolute atomic E-state index is 11.2. The number of carboxylic acids is 1. The Balaban J connectivity index is 2.08. The molecule has 1 aromatic carbocycles. The van der Waals surface area contributed by atoms with Crippen molar-refractivity contribution < 1.29 is 14.6 Å². The molecule has 7 heteroatoms. The van der Waals surface area contributed by atoms with Gasteiger partial charge in [0.25, 0.3) is 0 Å². The third-order valence-electron chi connectivity index (χ3n) is 3.63. The number of ether oxygens (including phenoxy) is 1. The number of imidazole rings is 1. The second-order valence-corrected chi connectivity index (χ2v) is 5.44. The van der Waals surface area contributed by atoms with Gasteiger partial charge in [-0.15, -0.1) is 10.2 Å². The fourth-order valence-corrected chi connectivity index (χ4v) is 2.52. The molecule has 3 rings (SSSR count). The molecule has 128 valence electrons. The zero-order valence-corrected chi connectivity index (χ0v) is 14.0. The van der Waals surface area contributed by atoms with E-state index in [2.05, 4.69) is 15.2 Å². The molecule has 0 unspecified atom stereocenters. The summed E-state index contributed by atoms with van der Waals surface area (Å²) in [7, 11) is 0. The van der Waals surface area contributed by atoms with E-state index in [1.807, 2.05) is 44.2 Å². The maximum atomic E-state index is 11.2. The first kappa shape index (κ1) is 16.6. The minimum atomic E-state index is -0.966. The van der Waals surface area contributed by atoms with Crippen molar-refractivity contribution in [2.75, 3.05) is 6.61 Å². The van der Waals surface area contributed by atoms with Crippen molar-refractivity contribution in [3.63, 3.8) is 0 Å². The van der Waals surface area contributed by atoms with Gasteiger partial charge in [0.2, 0.25) is 0 Å². The number of carbonyl (C=O) groups is 1. The van der Waals surface area contributed by atoms with Gasteiger partial charge in [-0.25, -0.2) is 4.98 Å². The number of hydrogen-bond acceptors (Lipinski definition) is 5. The van der Waals surface area contributed by atoms with Crippen LogP contribution in [-0.4, -0.2) is 27.1 Å². The van der Waals surface area contributed by atoms with Crippen molar-refractivity contribution in [3.05, 3.63) is 53.9 Å². The predicted molar refractivity (Wildman–Crippen MR) is 93.1 cm³/mol. The smallest absolute Gasteiger partial charge is 0.309 e. The Morgan fingerprint density at radius 3 is 2.80 bits per heavy atom. The summed E-state index contributed by atoms with van der Waals surface area (Å²) >= 11 is 0. The van der Waals surface area contributed by atoms with Crippen LogP contribution in [0.4, 0.5) is 11.5 Å². The molecule has 25 heavy (non-hydrogen) atoms. The lowest BCUT2D eigenvalue weighted by molar-refractivity contribution is -0.136. The Hall–Kier alpha value is -3.22. The van der Waals surface area contributed by atoms with E-state index < -0.39 is 5.97 Å². The SMILES string of the molecule is CCOc1ccccc1N=Nc1c(CC(=O)O)nc2c(C)cccn12. The summed E-state index contributed by atoms with van der Waals surface area (Å²) in [6.07, 6.45) is 1.58. The van der Waals surface area contributed by atoms with Crippen LogP contribution in [0.1, 0.15) is 18.2 Å². The minimum Gasteiger partial charge on any atom is -0.492 e. The number of pyridine rings is 1. The summed E-state index contributed by atoms with van der Waals surface area (Å²) in [5, 5.41) is 17.7. The van der Waals surface area contributed by atoms with Crippen LogP contribution in [-0.2, 0) is 11.2 Å². The van der Waals surface area contributed by atoms with E-state index in [4.69, 9.17) is 9.84 Å². The number of nitrogens with zero attached hydrogens (tertiary/aromatic N) is 4. The first-order valence-electron chi connectivity index (χ1n) is 7.92. The van der Waals surface area contributed by atoms with Crippen molar-refractivity contribution in [1.29, 1.82) is 0 Å². The Morgan fingerprint density at radius 1 is 1.24 bits per heavy atom. The summed E-state index contributed by atoms with van der Waals surface area (Å²) in [6, 6.07) is 11.1. The van der Waals surface area contributed by atoms with E-state index in [0.717, 1.165) is 5.56 Å². The molecule has 0 amide bonds. The molecular weight excluding hydrogens is 320 g/mol. The second-order valence-electron chi connectivity index (χ2n) is 5.44. The number of benzene rings is 1. The number of carboxylic acid groups (broad SMARTS) is 1. The Bertz CT molecular complexity index is 947. The van der Waals surface area contributed by atoms with E-state index in [1.54, 1.807) is 16.7 Å². The van der Waals surface area contributed by atoms with E-state index in [9.17, 15) is 4.79 Å². The maximum Gasteiger partial charge on any atom is 0.309 e. The van der Waals surface area contributed by atoms with E-state index in [1.165, 1.54) is 0 Å². The first-order chi connectivity index (χ1) is 12.1. The first-order valence-corrected chi connectivity index (χ1v) is 7.92. The van der Waals surface area contributed by atoms with E-state index in [-0.39, 0.29) is 6.42 Å². The van der Waals surface area contributed by atoms with Crippen molar-refractivity contribution >= 4 is 23.1 Å². The molecule has 0 saturated heterocycles. The molecule has 0 fully saturated rings. The molecule has 0 aliphatic heterocycles. The number of rotatable bonds is 6. The molecule has 0 bridgehead atoms. The van der Waals surface area contributed by atoms with Gasteiger partial charge < -0.3 is 9.84 Å². The summed E-state index contributed by atoms with van der Waals surface area (Å²) in [6.45, 7) is 4.33. The number of fused-ring (bicyclic) bond motifs is 1. The van der Waals surface area contributed by atoms with Gasteiger partial charge in [-0.05, 0) is 37.6 Å².